The average Bonchev–Trinajstić information content (AvgIpc) is 2.71. The van der Waals surface area contributed by atoms with E-state index in [-0.39, 0.29) is 0 Å². The van der Waals surface area contributed by atoms with Crippen LogP contribution in [-0.4, -0.2) is 36.4 Å². The number of hydrogen-bond donors (Lipinski definition) is 3. The van der Waals surface area contributed by atoms with Gasteiger partial charge in [0.2, 0.25) is 0 Å². The molecule has 1 heterocycles. The summed E-state index contributed by atoms with van der Waals surface area (Å²) in [5, 5.41) is 4.21. The van der Waals surface area contributed by atoms with Gasteiger partial charge >= 0.3 is 0 Å². The van der Waals surface area contributed by atoms with E-state index in [1.807, 2.05) is 24.3 Å². The van der Waals surface area contributed by atoms with Crippen LogP contribution in [0.25, 0.3) is 10.9 Å². The first-order valence-electron chi connectivity index (χ1n) is 7.98. The van der Waals surface area contributed by atoms with E-state index >= 15 is 0 Å². The van der Waals surface area contributed by atoms with E-state index in [4.69, 9.17) is 26.4 Å². The molecule has 0 saturated heterocycles. The Labute approximate surface area is 161 Å². The monoisotopic (exact) mass is 385 g/mol. The molecule has 3 N–H and O–H groups in total. The number of ether oxygens (including phenoxy) is 3. The van der Waals surface area contributed by atoms with Gasteiger partial charge in [-0.05, 0) is 42.5 Å². The first kappa shape index (κ1) is 18.5. The summed E-state index contributed by atoms with van der Waals surface area (Å²) in [6.45, 7) is 0. The van der Waals surface area contributed by atoms with Crippen LogP contribution in [-0.2, 0) is 0 Å². The zero-order chi connectivity index (χ0) is 19.2. The first-order valence-corrected chi connectivity index (χ1v) is 8.39. The van der Waals surface area contributed by atoms with Gasteiger partial charge in [-0.2, -0.15) is 0 Å². The molecular formula is C18H19N5O3S. The molecule has 0 bridgehead atoms. The van der Waals surface area contributed by atoms with E-state index in [9.17, 15) is 0 Å². The third-order valence-corrected chi connectivity index (χ3v) is 3.99. The fourth-order valence-electron chi connectivity index (χ4n) is 2.44. The van der Waals surface area contributed by atoms with Crippen molar-refractivity contribution >= 4 is 39.7 Å². The van der Waals surface area contributed by atoms with Crippen molar-refractivity contribution in [3.05, 3.63) is 42.7 Å². The largest absolute Gasteiger partial charge is 0.497 e. The molecular weight excluding hydrogens is 366 g/mol. The maximum atomic E-state index is 5.35. The molecule has 0 radical (unpaired) electrons. The molecule has 8 nitrogen and oxygen atoms in total. The molecule has 0 fully saturated rings. The van der Waals surface area contributed by atoms with Crippen molar-refractivity contribution in [2.45, 2.75) is 0 Å². The molecule has 0 unspecified atom stereocenters. The third kappa shape index (κ3) is 4.26. The van der Waals surface area contributed by atoms with Crippen LogP contribution in [0.1, 0.15) is 0 Å². The minimum atomic E-state index is 0.382. The standard InChI is InChI=1S/C18H19N5O3S/c1-24-12-6-4-11(5-7-12)21-18(27)23-22-17-13-8-15(25-2)16(26-3)9-14(13)19-10-20-17/h4-10H,1-3H3,(H,19,20,22)(H2,21,23,27). The molecule has 0 aliphatic heterocycles. The normalized spacial score (nSPS) is 10.2. The topological polar surface area (TPSA) is 89.6 Å². The van der Waals surface area contributed by atoms with Crippen LogP contribution in [0.15, 0.2) is 42.7 Å². The van der Waals surface area contributed by atoms with Crippen molar-refractivity contribution in [3.8, 4) is 17.2 Å². The van der Waals surface area contributed by atoms with Crippen LogP contribution in [0.3, 0.4) is 0 Å². The molecule has 0 amide bonds. The number of nitrogens with zero attached hydrogens (tertiary/aromatic N) is 2. The Balaban J connectivity index is 1.73. The van der Waals surface area contributed by atoms with E-state index < -0.39 is 0 Å². The van der Waals surface area contributed by atoms with Crippen molar-refractivity contribution in [2.24, 2.45) is 0 Å². The maximum Gasteiger partial charge on any atom is 0.189 e. The highest BCUT2D eigenvalue weighted by atomic mass is 32.1. The summed E-state index contributed by atoms with van der Waals surface area (Å²) in [5.74, 6) is 2.51. The highest BCUT2D eigenvalue weighted by Crippen LogP contribution is 2.33. The molecule has 0 aliphatic rings. The second kappa shape index (κ2) is 8.37. The molecule has 0 saturated carbocycles. The van der Waals surface area contributed by atoms with Crippen molar-refractivity contribution in [1.29, 1.82) is 0 Å². The van der Waals surface area contributed by atoms with Gasteiger partial charge in [0.15, 0.2) is 22.4 Å². The van der Waals surface area contributed by atoms with Crippen molar-refractivity contribution in [1.82, 2.24) is 15.4 Å². The van der Waals surface area contributed by atoms with Crippen molar-refractivity contribution in [3.63, 3.8) is 0 Å². The zero-order valence-electron chi connectivity index (χ0n) is 15.1. The third-order valence-electron chi connectivity index (χ3n) is 3.78. The Morgan fingerprint density at radius 2 is 1.63 bits per heavy atom. The zero-order valence-corrected chi connectivity index (χ0v) is 15.9. The molecule has 9 heteroatoms. The second-order valence-electron chi connectivity index (χ2n) is 5.38. The highest BCUT2D eigenvalue weighted by molar-refractivity contribution is 7.80. The van der Waals surface area contributed by atoms with Crippen LogP contribution in [0.5, 0.6) is 17.2 Å². The fourth-order valence-corrected chi connectivity index (χ4v) is 2.60. The number of rotatable bonds is 6. The molecule has 0 aliphatic carbocycles. The van der Waals surface area contributed by atoms with Gasteiger partial charge in [-0.1, -0.05) is 0 Å². The van der Waals surface area contributed by atoms with Crippen LogP contribution in [0.4, 0.5) is 11.5 Å². The number of anilines is 2. The predicted molar refractivity (Wildman–Crippen MR) is 109 cm³/mol. The lowest BCUT2D eigenvalue weighted by Crippen LogP contribution is -2.33. The summed E-state index contributed by atoms with van der Waals surface area (Å²) in [6, 6.07) is 11.0. The molecule has 27 heavy (non-hydrogen) atoms. The van der Waals surface area contributed by atoms with Crippen molar-refractivity contribution < 1.29 is 14.2 Å². The minimum Gasteiger partial charge on any atom is -0.497 e. The SMILES string of the molecule is COc1ccc(NC(=S)NNc2ncnc3cc(OC)c(OC)cc23)cc1. The number of nitrogens with one attached hydrogen (secondary N) is 3. The number of hydrogen-bond acceptors (Lipinski definition) is 7. The summed E-state index contributed by atoms with van der Waals surface area (Å²) in [4.78, 5) is 8.52. The lowest BCUT2D eigenvalue weighted by Gasteiger charge is -2.14. The maximum absolute atomic E-state index is 5.35. The van der Waals surface area contributed by atoms with Gasteiger partial charge in [0.05, 0.1) is 26.8 Å². The average molecular weight is 385 g/mol. The summed E-state index contributed by atoms with van der Waals surface area (Å²) in [7, 11) is 4.77. The van der Waals surface area contributed by atoms with Crippen LogP contribution in [0.2, 0.25) is 0 Å². The molecule has 140 valence electrons. The number of fused-ring (bicyclic) bond motifs is 1. The molecule has 0 atom stereocenters. The number of methoxy groups -OCH3 is 3. The van der Waals surface area contributed by atoms with Crippen LogP contribution < -0.4 is 30.4 Å². The van der Waals surface area contributed by atoms with Gasteiger partial charge < -0.3 is 19.5 Å². The molecule has 2 aromatic carbocycles. The first-order chi connectivity index (χ1) is 13.1. The number of aromatic nitrogens is 2. The Morgan fingerprint density at radius 3 is 2.30 bits per heavy atom. The van der Waals surface area contributed by atoms with E-state index in [1.165, 1.54) is 6.33 Å². The van der Waals surface area contributed by atoms with Crippen LogP contribution in [0, 0.1) is 0 Å². The molecule has 0 spiro atoms. The highest BCUT2D eigenvalue weighted by Gasteiger charge is 2.11. The molecule has 3 aromatic rings. The summed E-state index contributed by atoms with van der Waals surface area (Å²) in [6.07, 6.45) is 1.46. The van der Waals surface area contributed by atoms with E-state index in [2.05, 4.69) is 26.1 Å². The fraction of sp³-hybridized carbons (Fsp3) is 0.167. The smallest absolute Gasteiger partial charge is 0.189 e. The summed E-state index contributed by atoms with van der Waals surface area (Å²) in [5.41, 5.74) is 7.44. The second-order valence-corrected chi connectivity index (χ2v) is 5.79. The lowest BCUT2D eigenvalue weighted by molar-refractivity contribution is 0.356. The Morgan fingerprint density at radius 1 is 0.926 bits per heavy atom. The summed E-state index contributed by atoms with van der Waals surface area (Å²) < 4.78 is 15.8. The van der Waals surface area contributed by atoms with Gasteiger partial charge in [-0.15, -0.1) is 0 Å². The summed E-state index contributed by atoms with van der Waals surface area (Å²) >= 11 is 5.30. The van der Waals surface area contributed by atoms with Crippen LogP contribution >= 0.6 is 12.2 Å². The number of hydrazine groups is 1. The number of benzene rings is 2. The molecule has 3 rings (SSSR count). The van der Waals surface area contributed by atoms with Gasteiger partial charge in [0.1, 0.15) is 12.1 Å². The number of thiocarbonyl (C=S) groups is 1. The van der Waals surface area contributed by atoms with E-state index in [1.54, 1.807) is 33.5 Å². The van der Waals surface area contributed by atoms with Gasteiger partial charge in [0.25, 0.3) is 0 Å². The van der Waals surface area contributed by atoms with Gasteiger partial charge in [-0.25, -0.2) is 9.97 Å². The Hall–Kier alpha value is -3.33. The quantitative estimate of drug-likeness (QED) is 0.438. The van der Waals surface area contributed by atoms with Gasteiger partial charge in [0, 0.05) is 17.1 Å². The van der Waals surface area contributed by atoms with Gasteiger partial charge in [-0.3, -0.25) is 10.9 Å². The predicted octanol–water partition coefficient (Wildman–Crippen LogP) is 2.97. The lowest BCUT2D eigenvalue weighted by atomic mass is 10.2. The Kier molecular flexibility index (Phi) is 5.72. The molecule has 1 aromatic heterocycles. The Bertz CT molecular complexity index is 950. The minimum absolute atomic E-state index is 0.382. The van der Waals surface area contributed by atoms with E-state index in [0.29, 0.717) is 27.9 Å². The van der Waals surface area contributed by atoms with E-state index in [0.717, 1.165) is 16.8 Å². The van der Waals surface area contributed by atoms with Crippen molar-refractivity contribution in [2.75, 3.05) is 32.1 Å².